The average Bonchev–Trinajstić information content (AvgIpc) is 2.93. The number of halogens is 1. The molecule has 3 rings (SSSR count). The number of hydrogen-bond donors (Lipinski definition) is 2. The molecule has 2 aliphatic heterocycles. The summed E-state index contributed by atoms with van der Waals surface area (Å²) in [5.74, 6) is 1.50. The highest BCUT2D eigenvalue weighted by Gasteiger charge is 2.36. The van der Waals surface area contributed by atoms with Crippen LogP contribution < -0.4 is 10.6 Å². The first kappa shape index (κ1) is 13.9. The highest BCUT2D eigenvalue weighted by atomic mass is 35.5. The maximum Gasteiger partial charge on any atom is 0.238 e. The van der Waals surface area contributed by atoms with Gasteiger partial charge in [0.15, 0.2) is 0 Å². The molecule has 2 fully saturated rings. The number of nitrogens with zero attached hydrogens (tertiary/aromatic N) is 1. The molecule has 2 saturated heterocycles. The van der Waals surface area contributed by atoms with Gasteiger partial charge in [-0.15, -0.1) is 0 Å². The van der Waals surface area contributed by atoms with E-state index in [1.807, 2.05) is 19.1 Å². The van der Waals surface area contributed by atoms with E-state index < -0.39 is 0 Å². The molecule has 2 aliphatic rings. The number of amides is 1. The summed E-state index contributed by atoms with van der Waals surface area (Å²) in [5.41, 5.74) is 1.84. The number of hydrogen-bond acceptors (Lipinski definition) is 3. The number of rotatable bonds is 3. The number of carbonyl (C=O) groups is 1. The van der Waals surface area contributed by atoms with Gasteiger partial charge in [-0.1, -0.05) is 11.6 Å². The Morgan fingerprint density at radius 3 is 2.75 bits per heavy atom. The van der Waals surface area contributed by atoms with Crippen molar-refractivity contribution in [2.75, 3.05) is 38.0 Å². The Morgan fingerprint density at radius 2 is 2.10 bits per heavy atom. The summed E-state index contributed by atoms with van der Waals surface area (Å²) in [7, 11) is 0. The second kappa shape index (κ2) is 5.72. The van der Waals surface area contributed by atoms with Crippen molar-refractivity contribution in [2.45, 2.75) is 6.92 Å². The first-order chi connectivity index (χ1) is 9.61. The summed E-state index contributed by atoms with van der Waals surface area (Å²) >= 11 is 5.92. The van der Waals surface area contributed by atoms with E-state index in [4.69, 9.17) is 11.6 Å². The Morgan fingerprint density at radius 1 is 1.40 bits per heavy atom. The van der Waals surface area contributed by atoms with Crippen molar-refractivity contribution in [2.24, 2.45) is 11.8 Å². The quantitative estimate of drug-likeness (QED) is 0.892. The number of anilines is 1. The second-order valence-electron chi connectivity index (χ2n) is 5.88. The second-order valence-corrected chi connectivity index (χ2v) is 6.32. The van der Waals surface area contributed by atoms with Crippen LogP contribution in [0.2, 0.25) is 5.02 Å². The molecule has 2 atom stereocenters. The summed E-state index contributed by atoms with van der Waals surface area (Å²) in [6, 6.07) is 5.53. The number of likely N-dealkylation sites (tertiary alicyclic amines) is 1. The fraction of sp³-hybridized carbons (Fsp3) is 0.533. The van der Waals surface area contributed by atoms with Gasteiger partial charge in [-0.2, -0.15) is 0 Å². The van der Waals surface area contributed by atoms with Crippen molar-refractivity contribution in [1.29, 1.82) is 0 Å². The zero-order valence-corrected chi connectivity index (χ0v) is 12.4. The van der Waals surface area contributed by atoms with Gasteiger partial charge in [0.2, 0.25) is 5.91 Å². The predicted octanol–water partition coefficient (Wildman–Crippen LogP) is 1.74. The van der Waals surface area contributed by atoms with Crippen molar-refractivity contribution in [3.05, 3.63) is 28.8 Å². The van der Waals surface area contributed by atoms with Crippen molar-refractivity contribution in [1.82, 2.24) is 10.2 Å². The molecular weight excluding hydrogens is 274 g/mol. The van der Waals surface area contributed by atoms with E-state index in [-0.39, 0.29) is 5.91 Å². The molecule has 1 aromatic rings. The molecule has 0 spiro atoms. The molecule has 0 bridgehead atoms. The molecule has 2 N–H and O–H groups in total. The molecule has 4 nitrogen and oxygen atoms in total. The Hall–Kier alpha value is -1.10. The van der Waals surface area contributed by atoms with Crippen molar-refractivity contribution >= 4 is 23.2 Å². The maximum absolute atomic E-state index is 12.1. The molecule has 108 valence electrons. The Kier molecular flexibility index (Phi) is 3.96. The lowest BCUT2D eigenvalue weighted by Gasteiger charge is -2.17. The van der Waals surface area contributed by atoms with Gasteiger partial charge in [0.25, 0.3) is 0 Å². The van der Waals surface area contributed by atoms with Crippen LogP contribution in [0.3, 0.4) is 0 Å². The van der Waals surface area contributed by atoms with E-state index in [0.717, 1.165) is 49.3 Å². The largest absolute Gasteiger partial charge is 0.325 e. The van der Waals surface area contributed by atoms with Crippen molar-refractivity contribution in [3.63, 3.8) is 0 Å². The number of aryl methyl sites for hydroxylation is 1. The highest BCUT2D eigenvalue weighted by molar-refractivity contribution is 6.30. The van der Waals surface area contributed by atoms with Crippen LogP contribution in [0.5, 0.6) is 0 Å². The maximum atomic E-state index is 12.1. The lowest BCUT2D eigenvalue weighted by Crippen LogP contribution is -2.33. The smallest absolute Gasteiger partial charge is 0.238 e. The Labute approximate surface area is 124 Å². The van der Waals surface area contributed by atoms with Crippen LogP contribution >= 0.6 is 11.6 Å². The molecule has 2 heterocycles. The van der Waals surface area contributed by atoms with Crippen LogP contribution in [0.15, 0.2) is 18.2 Å². The average molecular weight is 294 g/mol. The van der Waals surface area contributed by atoms with Crippen LogP contribution in [-0.4, -0.2) is 43.5 Å². The third-order valence-corrected chi connectivity index (χ3v) is 4.53. The molecule has 0 saturated carbocycles. The molecule has 0 radical (unpaired) electrons. The highest BCUT2D eigenvalue weighted by Crippen LogP contribution is 2.26. The van der Waals surface area contributed by atoms with Crippen LogP contribution in [0.25, 0.3) is 0 Å². The van der Waals surface area contributed by atoms with Crippen LogP contribution in [0.1, 0.15) is 5.56 Å². The molecule has 2 unspecified atom stereocenters. The third kappa shape index (κ3) is 2.97. The molecule has 1 amide bonds. The zero-order valence-electron chi connectivity index (χ0n) is 11.7. The van der Waals surface area contributed by atoms with Gasteiger partial charge in [-0.05, 0) is 55.6 Å². The number of fused-ring (bicyclic) bond motifs is 1. The minimum absolute atomic E-state index is 0.0587. The minimum atomic E-state index is 0.0587. The van der Waals surface area contributed by atoms with Crippen molar-refractivity contribution in [3.8, 4) is 0 Å². The van der Waals surface area contributed by atoms with Crippen LogP contribution in [0.4, 0.5) is 5.69 Å². The first-order valence-electron chi connectivity index (χ1n) is 7.11. The molecule has 5 heteroatoms. The topological polar surface area (TPSA) is 44.4 Å². The molecule has 0 aliphatic carbocycles. The van der Waals surface area contributed by atoms with Gasteiger partial charge in [-0.3, -0.25) is 9.69 Å². The summed E-state index contributed by atoms with van der Waals surface area (Å²) < 4.78 is 0. The molecule has 1 aromatic carbocycles. The Bertz CT molecular complexity index is 508. The van der Waals surface area contributed by atoms with Crippen molar-refractivity contribution < 1.29 is 4.79 Å². The van der Waals surface area contributed by atoms with Gasteiger partial charge in [0.05, 0.1) is 6.54 Å². The SMILES string of the molecule is Cc1cc(Cl)ccc1NC(=O)CN1CC2CNCC2C1. The van der Waals surface area contributed by atoms with Crippen LogP contribution in [0, 0.1) is 18.8 Å². The summed E-state index contributed by atoms with van der Waals surface area (Å²) in [4.78, 5) is 14.4. The van der Waals surface area contributed by atoms with E-state index in [2.05, 4.69) is 15.5 Å². The first-order valence-corrected chi connectivity index (χ1v) is 7.48. The predicted molar refractivity (Wildman–Crippen MR) is 81.1 cm³/mol. The lowest BCUT2D eigenvalue weighted by molar-refractivity contribution is -0.117. The van der Waals surface area contributed by atoms with Gasteiger partial charge < -0.3 is 10.6 Å². The van der Waals surface area contributed by atoms with Gasteiger partial charge in [0, 0.05) is 23.8 Å². The minimum Gasteiger partial charge on any atom is -0.325 e. The molecule has 20 heavy (non-hydrogen) atoms. The Balaban J connectivity index is 1.55. The van der Waals surface area contributed by atoms with Crippen LogP contribution in [-0.2, 0) is 4.79 Å². The van der Waals surface area contributed by atoms with Gasteiger partial charge in [-0.25, -0.2) is 0 Å². The van der Waals surface area contributed by atoms with E-state index in [9.17, 15) is 4.79 Å². The van der Waals surface area contributed by atoms with E-state index in [0.29, 0.717) is 11.6 Å². The lowest BCUT2D eigenvalue weighted by atomic mass is 10.0. The normalized spacial score (nSPS) is 25.7. The van der Waals surface area contributed by atoms with Gasteiger partial charge >= 0.3 is 0 Å². The monoisotopic (exact) mass is 293 g/mol. The number of nitrogens with one attached hydrogen (secondary N) is 2. The van der Waals surface area contributed by atoms with E-state index >= 15 is 0 Å². The summed E-state index contributed by atoms with van der Waals surface area (Å²) in [6.07, 6.45) is 0. The summed E-state index contributed by atoms with van der Waals surface area (Å²) in [6.45, 7) is 6.69. The fourth-order valence-electron chi connectivity index (χ4n) is 3.24. The standard InChI is InChI=1S/C15H20ClN3O/c1-10-4-13(16)2-3-14(10)18-15(20)9-19-7-11-5-17-6-12(11)8-19/h2-4,11-12,17H,5-9H2,1H3,(H,18,20). The molecular formula is C15H20ClN3O. The van der Waals surface area contributed by atoms with Gasteiger partial charge in [0.1, 0.15) is 0 Å². The molecule has 0 aromatic heterocycles. The number of benzene rings is 1. The summed E-state index contributed by atoms with van der Waals surface area (Å²) in [5, 5.41) is 7.08. The number of carbonyl (C=O) groups excluding carboxylic acids is 1. The van der Waals surface area contributed by atoms with E-state index in [1.165, 1.54) is 0 Å². The fourth-order valence-corrected chi connectivity index (χ4v) is 3.47. The zero-order chi connectivity index (χ0) is 14.1. The van der Waals surface area contributed by atoms with E-state index in [1.54, 1.807) is 6.07 Å². The third-order valence-electron chi connectivity index (χ3n) is 4.29.